The second kappa shape index (κ2) is 7.38. The normalized spacial score (nSPS) is 20.6. The first kappa shape index (κ1) is 17.0. The molecule has 0 aliphatic carbocycles. The summed E-state index contributed by atoms with van der Waals surface area (Å²) in [6, 6.07) is 18.6. The van der Waals surface area contributed by atoms with Gasteiger partial charge in [-0.2, -0.15) is 0 Å². The highest BCUT2D eigenvalue weighted by Crippen LogP contribution is 2.21. The average molecular weight is 337 g/mol. The van der Waals surface area contributed by atoms with E-state index in [1.807, 2.05) is 79.5 Å². The highest BCUT2D eigenvalue weighted by atomic mass is 16.2. The van der Waals surface area contributed by atoms with Crippen molar-refractivity contribution in [2.24, 2.45) is 0 Å². The number of hydrogen-bond acceptors (Lipinski definition) is 3. The van der Waals surface area contributed by atoms with Gasteiger partial charge in [-0.1, -0.05) is 48.5 Å². The van der Waals surface area contributed by atoms with Crippen LogP contribution in [0, 0.1) is 0 Å². The molecule has 2 aromatic rings. The number of carbonyl (C=O) groups is 2. The fraction of sp³-hybridized carbons (Fsp3) is 0.300. The van der Waals surface area contributed by atoms with E-state index < -0.39 is 6.04 Å². The molecular weight excluding hydrogens is 314 g/mol. The van der Waals surface area contributed by atoms with Crippen LogP contribution in [0.25, 0.3) is 0 Å². The Morgan fingerprint density at radius 3 is 2.36 bits per heavy atom. The first-order chi connectivity index (χ1) is 12.1. The maximum Gasteiger partial charge on any atom is 0.243 e. The van der Waals surface area contributed by atoms with Crippen molar-refractivity contribution in [3.63, 3.8) is 0 Å². The lowest BCUT2D eigenvalue weighted by molar-refractivity contribution is -0.126. The van der Waals surface area contributed by atoms with E-state index in [9.17, 15) is 9.59 Å². The Morgan fingerprint density at radius 2 is 1.72 bits per heavy atom. The third-order valence-electron chi connectivity index (χ3n) is 4.68. The number of anilines is 1. The zero-order valence-corrected chi connectivity index (χ0v) is 14.5. The Balaban J connectivity index is 1.63. The monoisotopic (exact) mass is 337 g/mol. The van der Waals surface area contributed by atoms with Gasteiger partial charge in [-0.15, -0.1) is 0 Å². The molecule has 1 saturated heterocycles. The summed E-state index contributed by atoms with van der Waals surface area (Å²) in [5.41, 5.74) is 2.00. The number of benzene rings is 2. The zero-order valence-electron chi connectivity index (χ0n) is 14.5. The zero-order chi connectivity index (χ0) is 17.8. The minimum Gasteiger partial charge on any atom is -0.363 e. The van der Waals surface area contributed by atoms with E-state index in [-0.39, 0.29) is 23.9 Å². The number of nitrogens with one attached hydrogen (secondary N) is 2. The van der Waals surface area contributed by atoms with Gasteiger partial charge in [-0.05, 0) is 24.6 Å². The van der Waals surface area contributed by atoms with Crippen LogP contribution in [0.5, 0.6) is 0 Å². The molecule has 130 valence electrons. The van der Waals surface area contributed by atoms with Crippen molar-refractivity contribution in [1.29, 1.82) is 0 Å². The van der Waals surface area contributed by atoms with Gasteiger partial charge in [0.25, 0.3) is 0 Å². The number of likely N-dealkylation sites (N-methyl/N-ethyl adjacent to an activating group) is 1. The van der Waals surface area contributed by atoms with Crippen molar-refractivity contribution in [3.8, 4) is 0 Å². The minimum absolute atomic E-state index is 0.100. The summed E-state index contributed by atoms with van der Waals surface area (Å²) in [6.45, 7) is 1.94. The molecule has 1 heterocycles. The predicted molar refractivity (Wildman–Crippen MR) is 98.2 cm³/mol. The molecule has 0 radical (unpaired) electrons. The molecule has 5 heteroatoms. The Hall–Kier alpha value is -2.82. The molecule has 1 aliphatic rings. The van der Waals surface area contributed by atoms with E-state index in [2.05, 4.69) is 10.6 Å². The lowest BCUT2D eigenvalue weighted by Crippen LogP contribution is -2.42. The Morgan fingerprint density at radius 1 is 1.12 bits per heavy atom. The molecule has 0 bridgehead atoms. The van der Waals surface area contributed by atoms with Gasteiger partial charge < -0.3 is 15.5 Å². The molecule has 2 N–H and O–H groups in total. The van der Waals surface area contributed by atoms with Crippen LogP contribution in [-0.2, 0) is 9.59 Å². The molecular formula is C20H23N3O2. The largest absolute Gasteiger partial charge is 0.363 e. The first-order valence-corrected chi connectivity index (χ1v) is 8.50. The summed E-state index contributed by atoms with van der Waals surface area (Å²) in [5, 5.41) is 5.80. The van der Waals surface area contributed by atoms with Gasteiger partial charge in [0.05, 0.1) is 6.04 Å². The molecule has 3 rings (SSSR count). The van der Waals surface area contributed by atoms with E-state index in [0.29, 0.717) is 6.42 Å². The minimum atomic E-state index is -0.505. The van der Waals surface area contributed by atoms with E-state index in [4.69, 9.17) is 0 Å². The predicted octanol–water partition coefficient (Wildman–Crippen LogP) is 2.26. The van der Waals surface area contributed by atoms with Crippen LogP contribution in [-0.4, -0.2) is 30.9 Å². The lowest BCUT2D eigenvalue weighted by atomic mass is 10.1. The standard InChI is InChI=1S/C20H23N3O2/c1-14(15-9-5-3-6-10-15)21-19(24)17-13-18(20(25)22-17)23(2)16-11-7-4-8-12-16/h3-12,14,17-18H,13H2,1-2H3,(H,21,24)(H,22,25)/t14-,17-,18-/m0/s1. The van der Waals surface area contributed by atoms with Crippen molar-refractivity contribution in [3.05, 3.63) is 66.2 Å². The van der Waals surface area contributed by atoms with Gasteiger partial charge in [0.15, 0.2) is 0 Å². The fourth-order valence-electron chi connectivity index (χ4n) is 3.15. The maximum absolute atomic E-state index is 12.5. The van der Waals surface area contributed by atoms with E-state index in [1.165, 1.54) is 0 Å². The van der Waals surface area contributed by atoms with Crippen molar-refractivity contribution < 1.29 is 9.59 Å². The molecule has 0 spiro atoms. The first-order valence-electron chi connectivity index (χ1n) is 8.50. The lowest BCUT2D eigenvalue weighted by Gasteiger charge is -2.24. The van der Waals surface area contributed by atoms with Crippen LogP contribution in [0.4, 0.5) is 5.69 Å². The third-order valence-corrected chi connectivity index (χ3v) is 4.68. The number of carbonyl (C=O) groups excluding carboxylic acids is 2. The summed E-state index contributed by atoms with van der Waals surface area (Å²) < 4.78 is 0. The summed E-state index contributed by atoms with van der Waals surface area (Å²) in [7, 11) is 1.88. The van der Waals surface area contributed by atoms with Crippen molar-refractivity contribution >= 4 is 17.5 Å². The van der Waals surface area contributed by atoms with Gasteiger partial charge in [0, 0.05) is 19.2 Å². The van der Waals surface area contributed by atoms with Gasteiger partial charge in [-0.25, -0.2) is 0 Å². The number of amides is 2. The number of nitrogens with zero attached hydrogens (tertiary/aromatic N) is 1. The van der Waals surface area contributed by atoms with Crippen LogP contribution >= 0.6 is 0 Å². The summed E-state index contributed by atoms with van der Waals surface area (Å²) in [5.74, 6) is -0.257. The molecule has 1 aliphatic heterocycles. The SMILES string of the molecule is C[C@H](NC(=O)[C@@H]1C[C@H](N(C)c2ccccc2)C(=O)N1)c1ccccc1. The van der Waals surface area contributed by atoms with Crippen LogP contribution in [0.2, 0.25) is 0 Å². The Labute approximate surface area is 148 Å². The van der Waals surface area contributed by atoms with Crippen LogP contribution in [0.15, 0.2) is 60.7 Å². The smallest absolute Gasteiger partial charge is 0.243 e. The average Bonchev–Trinajstić information content (AvgIpc) is 3.04. The van der Waals surface area contributed by atoms with Gasteiger partial charge in [-0.3, -0.25) is 9.59 Å². The van der Waals surface area contributed by atoms with Gasteiger partial charge in [0.1, 0.15) is 12.1 Å². The molecule has 2 amide bonds. The molecule has 1 fully saturated rings. The van der Waals surface area contributed by atoms with E-state index in [0.717, 1.165) is 11.3 Å². The highest BCUT2D eigenvalue weighted by Gasteiger charge is 2.38. The van der Waals surface area contributed by atoms with Crippen LogP contribution in [0.1, 0.15) is 24.9 Å². The number of rotatable bonds is 5. The molecule has 2 aromatic carbocycles. The Bertz CT molecular complexity index is 733. The summed E-state index contributed by atoms with van der Waals surface area (Å²) >= 11 is 0. The molecule has 0 saturated carbocycles. The molecule has 0 aromatic heterocycles. The third kappa shape index (κ3) is 3.82. The van der Waals surface area contributed by atoms with E-state index >= 15 is 0 Å². The number of hydrogen-bond donors (Lipinski definition) is 2. The highest BCUT2D eigenvalue weighted by molar-refractivity contribution is 5.95. The van der Waals surface area contributed by atoms with Crippen LogP contribution in [0.3, 0.4) is 0 Å². The quantitative estimate of drug-likeness (QED) is 0.880. The maximum atomic E-state index is 12.5. The topological polar surface area (TPSA) is 61.4 Å². The number of para-hydroxylation sites is 1. The second-order valence-electron chi connectivity index (χ2n) is 6.40. The molecule has 5 nitrogen and oxygen atoms in total. The fourth-order valence-corrected chi connectivity index (χ4v) is 3.15. The molecule has 3 atom stereocenters. The van der Waals surface area contributed by atoms with Gasteiger partial charge in [0.2, 0.25) is 11.8 Å². The van der Waals surface area contributed by atoms with Crippen molar-refractivity contribution in [1.82, 2.24) is 10.6 Å². The van der Waals surface area contributed by atoms with Crippen molar-refractivity contribution in [2.45, 2.75) is 31.5 Å². The summed E-state index contributed by atoms with van der Waals surface area (Å²) in [4.78, 5) is 26.8. The Kier molecular flexibility index (Phi) is 5.03. The van der Waals surface area contributed by atoms with E-state index in [1.54, 1.807) is 0 Å². The van der Waals surface area contributed by atoms with Gasteiger partial charge >= 0.3 is 0 Å². The summed E-state index contributed by atoms with van der Waals surface area (Å²) in [6.07, 6.45) is 0.456. The van der Waals surface area contributed by atoms with Crippen molar-refractivity contribution in [2.75, 3.05) is 11.9 Å². The van der Waals surface area contributed by atoms with Crippen LogP contribution < -0.4 is 15.5 Å². The molecule has 0 unspecified atom stereocenters. The molecule has 25 heavy (non-hydrogen) atoms. The second-order valence-corrected chi connectivity index (χ2v) is 6.40.